The summed E-state index contributed by atoms with van der Waals surface area (Å²) in [5.41, 5.74) is 0.728. The van der Waals surface area contributed by atoms with Crippen LogP contribution in [0.1, 0.15) is 12.8 Å². The number of para-hydroxylation sites is 2. The second kappa shape index (κ2) is 5.36. The molecule has 30 heavy (non-hydrogen) atoms. The first-order valence-corrected chi connectivity index (χ1v) is 10.8. The molecule has 6 heteroatoms. The van der Waals surface area contributed by atoms with Gasteiger partial charge in [-0.15, -0.1) is 0 Å². The maximum atomic E-state index is 13.3. The SMILES string of the molecule is O=C1[C@@H]2[C@@H](C(=O)N1c1ccccc1N1C(=O)[C@@H]3[C@H](C1=O)[C@H]1C=C[C@H]3C1)[C@H]1C=C[C@@H]2C1. The summed E-state index contributed by atoms with van der Waals surface area (Å²) < 4.78 is 0. The summed E-state index contributed by atoms with van der Waals surface area (Å²) in [5, 5.41) is 0. The Labute approximate surface area is 173 Å². The van der Waals surface area contributed by atoms with E-state index in [1.165, 1.54) is 9.80 Å². The fourth-order valence-electron chi connectivity index (χ4n) is 7.12. The summed E-state index contributed by atoms with van der Waals surface area (Å²) >= 11 is 0. The molecule has 150 valence electrons. The molecular weight excluding hydrogens is 380 g/mol. The summed E-state index contributed by atoms with van der Waals surface area (Å²) in [4.78, 5) is 55.7. The van der Waals surface area contributed by atoms with Crippen LogP contribution >= 0.6 is 0 Å². The molecule has 4 amide bonds. The number of hydrogen-bond donors (Lipinski definition) is 0. The lowest BCUT2D eigenvalue weighted by Crippen LogP contribution is -2.37. The van der Waals surface area contributed by atoms with Gasteiger partial charge in [0.1, 0.15) is 0 Å². The van der Waals surface area contributed by atoms with Gasteiger partial charge in [0.05, 0.1) is 35.0 Å². The van der Waals surface area contributed by atoms with Crippen molar-refractivity contribution < 1.29 is 19.2 Å². The van der Waals surface area contributed by atoms with Crippen molar-refractivity contribution in [2.75, 3.05) is 9.80 Å². The number of fused-ring (bicyclic) bond motifs is 10. The van der Waals surface area contributed by atoms with Crippen molar-refractivity contribution in [3.8, 4) is 0 Å². The predicted molar refractivity (Wildman–Crippen MR) is 107 cm³/mol. The molecule has 4 fully saturated rings. The number of imide groups is 2. The minimum absolute atomic E-state index is 0.115. The van der Waals surface area contributed by atoms with Gasteiger partial charge in [0.2, 0.25) is 23.6 Å². The van der Waals surface area contributed by atoms with Crippen LogP contribution in [0.15, 0.2) is 48.6 Å². The molecule has 2 saturated heterocycles. The van der Waals surface area contributed by atoms with E-state index < -0.39 is 0 Å². The van der Waals surface area contributed by atoms with E-state index in [2.05, 4.69) is 24.3 Å². The van der Waals surface area contributed by atoms with E-state index in [4.69, 9.17) is 0 Å². The van der Waals surface area contributed by atoms with Gasteiger partial charge in [0.15, 0.2) is 0 Å². The van der Waals surface area contributed by atoms with Crippen molar-refractivity contribution >= 4 is 35.0 Å². The third-order valence-corrected chi connectivity index (χ3v) is 8.30. The molecule has 1 aromatic rings. The van der Waals surface area contributed by atoms with Crippen LogP contribution in [0.3, 0.4) is 0 Å². The molecule has 6 aliphatic rings. The van der Waals surface area contributed by atoms with Crippen LogP contribution in [0.4, 0.5) is 11.4 Å². The average molecular weight is 400 g/mol. The predicted octanol–water partition coefficient (Wildman–Crippen LogP) is 2.31. The van der Waals surface area contributed by atoms with Crippen molar-refractivity contribution in [1.82, 2.24) is 0 Å². The summed E-state index contributed by atoms with van der Waals surface area (Å²) in [6, 6.07) is 6.86. The standard InChI is InChI=1S/C24H20N2O4/c27-21-17-11-5-6-12(9-11)18(17)22(28)25(21)15-3-1-2-4-16(15)26-23(29)19-13-7-8-14(10-13)20(19)24(26)30/h1-8,11-14,17-20H,9-10H2/t11-,12-,13-,14+,17-,18+,19-,20-/m0/s1. The van der Waals surface area contributed by atoms with Gasteiger partial charge < -0.3 is 0 Å². The van der Waals surface area contributed by atoms with Crippen molar-refractivity contribution in [2.24, 2.45) is 47.3 Å². The normalized spacial score (nSPS) is 42.3. The number of allylic oxidation sites excluding steroid dienone is 4. The molecule has 8 atom stereocenters. The van der Waals surface area contributed by atoms with Crippen LogP contribution in [0.2, 0.25) is 0 Å². The van der Waals surface area contributed by atoms with Gasteiger partial charge in [0, 0.05) is 0 Å². The zero-order valence-electron chi connectivity index (χ0n) is 16.2. The van der Waals surface area contributed by atoms with Crippen LogP contribution in [0.25, 0.3) is 0 Å². The number of nitrogens with zero attached hydrogens (tertiary/aromatic N) is 2. The van der Waals surface area contributed by atoms with Gasteiger partial charge in [-0.3, -0.25) is 19.2 Å². The van der Waals surface area contributed by atoms with Gasteiger partial charge in [0.25, 0.3) is 0 Å². The molecule has 1 aromatic carbocycles. The van der Waals surface area contributed by atoms with Crippen molar-refractivity contribution in [3.63, 3.8) is 0 Å². The van der Waals surface area contributed by atoms with E-state index in [1.807, 2.05) is 0 Å². The lowest BCUT2D eigenvalue weighted by molar-refractivity contribution is -0.125. The van der Waals surface area contributed by atoms with Gasteiger partial charge in [-0.1, -0.05) is 36.4 Å². The highest BCUT2D eigenvalue weighted by atomic mass is 16.2. The Morgan fingerprint density at radius 3 is 1.13 bits per heavy atom. The molecular formula is C24H20N2O4. The summed E-state index contributed by atoms with van der Waals surface area (Å²) in [6.45, 7) is 0. The molecule has 7 rings (SSSR count). The number of anilines is 2. The Morgan fingerprint density at radius 1 is 0.533 bits per heavy atom. The van der Waals surface area contributed by atoms with Crippen molar-refractivity contribution in [2.45, 2.75) is 12.8 Å². The molecule has 0 spiro atoms. The monoisotopic (exact) mass is 400 g/mol. The second-order valence-electron chi connectivity index (χ2n) is 9.51. The maximum absolute atomic E-state index is 13.3. The molecule has 4 aliphatic carbocycles. The molecule has 2 heterocycles. The summed E-state index contributed by atoms with van der Waals surface area (Å²) in [5.74, 6) is -1.59. The first kappa shape index (κ1) is 16.7. The van der Waals surface area contributed by atoms with E-state index in [0.717, 1.165) is 12.8 Å². The Kier molecular flexibility index (Phi) is 2.99. The summed E-state index contributed by atoms with van der Waals surface area (Å²) in [7, 11) is 0. The molecule has 0 aromatic heterocycles. The number of amides is 4. The Bertz CT molecular complexity index is 973. The van der Waals surface area contributed by atoms with Crippen molar-refractivity contribution in [1.29, 1.82) is 0 Å². The lowest BCUT2D eigenvalue weighted by Gasteiger charge is -2.25. The third kappa shape index (κ3) is 1.77. The lowest BCUT2D eigenvalue weighted by atomic mass is 9.85. The van der Waals surface area contributed by atoms with Gasteiger partial charge >= 0.3 is 0 Å². The number of benzene rings is 1. The highest BCUT2D eigenvalue weighted by molar-refractivity contribution is 6.28. The van der Waals surface area contributed by atoms with E-state index >= 15 is 0 Å². The first-order chi connectivity index (χ1) is 14.6. The van der Waals surface area contributed by atoms with E-state index in [9.17, 15) is 19.2 Å². The fourth-order valence-corrected chi connectivity index (χ4v) is 7.12. The fraction of sp³-hybridized carbons (Fsp3) is 0.417. The topological polar surface area (TPSA) is 74.8 Å². The number of carbonyl (C=O) groups excluding carboxylic acids is 4. The minimum atomic E-state index is -0.315. The number of rotatable bonds is 2. The maximum Gasteiger partial charge on any atom is 0.238 e. The number of carbonyl (C=O) groups is 4. The molecule has 2 saturated carbocycles. The molecule has 6 nitrogen and oxygen atoms in total. The van der Waals surface area contributed by atoms with Crippen LogP contribution < -0.4 is 9.80 Å². The molecule has 2 aliphatic heterocycles. The second-order valence-corrected chi connectivity index (χ2v) is 9.51. The first-order valence-electron chi connectivity index (χ1n) is 10.8. The quantitative estimate of drug-likeness (QED) is 0.564. The zero-order valence-corrected chi connectivity index (χ0v) is 16.2. The zero-order chi connectivity index (χ0) is 20.3. The smallest absolute Gasteiger partial charge is 0.238 e. The van der Waals surface area contributed by atoms with E-state index in [1.54, 1.807) is 24.3 Å². The Balaban J connectivity index is 1.30. The molecule has 4 bridgehead atoms. The Morgan fingerprint density at radius 2 is 0.833 bits per heavy atom. The number of hydrogen-bond acceptors (Lipinski definition) is 4. The van der Waals surface area contributed by atoms with Crippen molar-refractivity contribution in [3.05, 3.63) is 48.6 Å². The largest absolute Gasteiger partial charge is 0.274 e. The molecule has 0 radical (unpaired) electrons. The third-order valence-electron chi connectivity index (χ3n) is 8.30. The van der Waals surface area contributed by atoms with Gasteiger partial charge in [-0.05, 0) is 48.6 Å². The Hall–Kier alpha value is -3.02. The van der Waals surface area contributed by atoms with Gasteiger partial charge in [-0.25, -0.2) is 9.80 Å². The van der Waals surface area contributed by atoms with Gasteiger partial charge in [-0.2, -0.15) is 0 Å². The van der Waals surface area contributed by atoms with Crippen LogP contribution in [-0.4, -0.2) is 23.6 Å². The van der Waals surface area contributed by atoms with Crippen LogP contribution in [-0.2, 0) is 19.2 Å². The highest BCUT2D eigenvalue weighted by Crippen LogP contribution is 2.56. The van der Waals surface area contributed by atoms with Crippen LogP contribution in [0, 0.1) is 47.3 Å². The van der Waals surface area contributed by atoms with E-state index in [-0.39, 0.29) is 71.0 Å². The highest BCUT2D eigenvalue weighted by Gasteiger charge is 2.62. The van der Waals surface area contributed by atoms with Crippen LogP contribution in [0.5, 0.6) is 0 Å². The minimum Gasteiger partial charge on any atom is -0.274 e. The average Bonchev–Trinajstić information content (AvgIpc) is 3.56. The molecule has 0 unspecified atom stereocenters. The van der Waals surface area contributed by atoms with E-state index in [0.29, 0.717) is 11.4 Å². The summed E-state index contributed by atoms with van der Waals surface area (Å²) in [6.07, 6.45) is 9.97. The molecule has 0 N–H and O–H groups in total.